The van der Waals surface area contributed by atoms with Crippen molar-refractivity contribution in [1.29, 1.82) is 0 Å². The first-order chi connectivity index (χ1) is 8.72. The molecule has 1 fully saturated rings. The fourth-order valence-electron chi connectivity index (χ4n) is 2.52. The predicted octanol–water partition coefficient (Wildman–Crippen LogP) is 3.04. The summed E-state index contributed by atoms with van der Waals surface area (Å²) < 4.78 is 5.81. The molecule has 1 aromatic carbocycles. The van der Waals surface area contributed by atoms with E-state index in [0.29, 0.717) is 0 Å². The zero-order valence-corrected chi connectivity index (χ0v) is 10.7. The Bertz CT molecular complexity index is 549. The Morgan fingerprint density at radius 1 is 1.33 bits per heavy atom. The van der Waals surface area contributed by atoms with Crippen molar-refractivity contribution in [2.24, 2.45) is 5.92 Å². The van der Waals surface area contributed by atoms with E-state index in [9.17, 15) is 0 Å². The Balaban J connectivity index is 1.89. The van der Waals surface area contributed by atoms with Crippen LogP contribution in [-0.4, -0.2) is 18.1 Å². The first-order valence-corrected chi connectivity index (χ1v) is 6.63. The van der Waals surface area contributed by atoms with Crippen LogP contribution in [0.3, 0.4) is 0 Å². The summed E-state index contributed by atoms with van der Waals surface area (Å²) in [5, 5.41) is 0. The third-order valence-electron chi connectivity index (χ3n) is 3.69. The molecule has 96 valence electrons. The summed E-state index contributed by atoms with van der Waals surface area (Å²) in [7, 11) is 0. The van der Waals surface area contributed by atoms with Crippen molar-refractivity contribution in [2.45, 2.75) is 26.2 Å². The number of hydrogen-bond acceptors (Lipinski definition) is 4. The normalized spacial score (nSPS) is 21.2. The van der Waals surface area contributed by atoms with E-state index in [1.54, 1.807) is 0 Å². The van der Waals surface area contributed by atoms with Gasteiger partial charge in [0.2, 0.25) is 0 Å². The molecular weight excluding hydrogens is 226 g/mol. The average Bonchev–Trinajstić information content (AvgIpc) is 2.63. The minimum atomic E-state index is 0.717. The van der Waals surface area contributed by atoms with E-state index < -0.39 is 0 Å². The van der Waals surface area contributed by atoms with Crippen molar-refractivity contribution in [3.05, 3.63) is 18.2 Å². The molecule has 0 bridgehead atoms. The van der Waals surface area contributed by atoms with Gasteiger partial charge in [-0.1, -0.05) is 6.92 Å². The Morgan fingerprint density at radius 2 is 2.22 bits per heavy atom. The second-order valence-electron chi connectivity index (χ2n) is 5.25. The second kappa shape index (κ2) is 4.52. The number of fused-ring (bicyclic) bond motifs is 1. The van der Waals surface area contributed by atoms with Crippen LogP contribution < -0.4 is 10.6 Å². The Hall–Kier alpha value is -1.71. The molecule has 1 aliphatic heterocycles. The number of nitrogens with zero attached hydrogens (tertiary/aromatic N) is 2. The van der Waals surface area contributed by atoms with E-state index in [1.165, 1.54) is 19.3 Å². The van der Waals surface area contributed by atoms with Crippen LogP contribution >= 0.6 is 0 Å². The highest BCUT2D eigenvalue weighted by Gasteiger charge is 2.18. The highest BCUT2D eigenvalue weighted by molar-refractivity contribution is 5.78. The van der Waals surface area contributed by atoms with Crippen LogP contribution in [0.5, 0.6) is 0 Å². The molecule has 2 N–H and O–H groups in total. The van der Waals surface area contributed by atoms with E-state index >= 15 is 0 Å². The summed E-state index contributed by atoms with van der Waals surface area (Å²) in [4.78, 5) is 6.80. The van der Waals surface area contributed by atoms with Crippen molar-refractivity contribution >= 4 is 22.8 Å². The number of hydrogen-bond donors (Lipinski definition) is 1. The molecule has 2 heterocycles. The summed E-state index contributed by atoms with van der Waals surface area (Å²) in [5.74, 6) is 0.801. The zero-order valence-electron chi connectivity index (χ0n) is 10.7. The average molecular weight is 245 g/mol. The van der Waals surface area contributed by atoms with Gasteiger partial charge < -0.3 is 15.1 Å². The van der Waals surface area contributed by atoms with E-state index in [1.807, 2.05) is 18.2 Å². The van der Waals surface area contributed by atoms with Crippen LogP contribution in [0.25, 0.3) is 11.1 Å². The van der Waals surface area contributed by atoms with Gasteiger partial charge in [-0.15, -0.1) is 0 Å². The fraction of sp³-hybridized carbons (Fsp3) is 0.500. The molecule has 0 aliphatic carbocycles. The van der Waals surface area contributed by atoms with Gasteiger partial charge in [0.05, 0.1) is 0 Å². The summed E-state index contributed by atoms with van der Waals surface area (Å²) >= 11 is 0. The molecule has 1 aromatic heterocycles. The molecule has 2 aromatic rings. The van der Waals surface area contributed by atoms with Crippen molar-refractivity contribution < 1.29 is 4.42 Å². The van der Waals surface area contributed by atoms with E-state index in [2.05, 4.69) is 16.8 Å². The standard InChI is InChI=1S/C14H19N3O/c1-10-3-2-7-17(8-6-10)14-16-12-5-4-11(15)9-13(12)18-14/h4-5,9-10H,2-3,6-8,15H2,1H3. The number of anilines is 2. The Morgan fingerprint density at radius 3 is 3.11 bits per heavy atom. The molecule has 1 saturated heterocycles. The first-order valence-electron chi connectivity index (χ1n) is 6.63. The zero-order chi connectivity index (χ0) is 12.5. The van der Waals surface area contributed by atoms with Gasteiger partial charge >= 0.3 is 0 Å². The molecule has 1 atom stereocenters. The van der Waals surface area contributed by atoms with E-state index in [-0.39, 0.29) is 0 Å². The second-order valence-corrected chi connectivity index (χ2v) is 5.25. The van der Waals surface area contributed by atoms with Gasteiger partial charge in [-0.2, -0.15) is 4.98 Å². The lowest BCUT2D eigenvalue weighted by molar-refractivity contribution is 0.518. The maximum atomic E-state index is 5.81. The molecule has 4 heteroatoms. The van der Waals surface area contributed by atoms with Crippen LogP contribution in [-0.2, 0) is 0 Å². The minimum Gasteiger partial charge on any atom is -0.423 e. The highest BCUT2D eigenvalue weighted by atomic mass is 16.4. The molecule has 0 saturated carbocycles. The van der Waals surface area contributed by atoms with E-state index in [0.717, 1.165) is 41.8 Å². The summed E-state index contributed by atoms with van der Waals surface area (Å²) in [5.41, 5.74) is 8.14. The predicted molar refractivity (Wildman–Crippen MR) is 73.6 cm³/mol. The smallest absolute Gasteiger partial charge is 0.298 e. The molecule has 0 amide bonds. The number of rotatable bonds is 1. The lowest BCUT2D eigenvalue weighted by atomic mass is 10.0. The maximum Gasteiger partial charge on any atom is 0.298 e. The van der Waals surface area contributed by atoms with Crippen molar-refractivity contribution in [3.63, 3.8) is 0 Å². The van der Waals surface area contributed by atoms with Gasteiger partial charge in [-0.05, 0) is 37.3 Å². The van der Waals surface area contributed by atoms with Crippen LogP contribution in [0, 0.1) is 5.92 Å². The third-order valence-corrected chi connectivity index (χ3v) is 3.69. The third kappa shape index (κ3) is 2.15. The van der Waals surface area contributed by atoms with Crippen LogP contribution in [0.2, 0.25) is 0 Å². The Kier molecular flexibility index (Phi) is 2.86. The topological polar surface area (TPSA) is 55.3 Å². The van der Waals surface area contributed by atoms with Crippen LogP contribution in [0.4, 0.5) is 11.7 Å². The minimum absolute atomic E-state index is 0.717. The first kappa shape index (κ1) is 11.4. The molecular formula is C14H19N3O. The maximum absolute atomic E-state index is 5.81. The van der Waals surface area contributed by atoms with Gasteiger partial charge in [-0.3, -0.25) is 0 Å². The lowest BCUT2D eigenvalue weighted by Gasteiger charge is -2.17. The van der Waals surface area contributed by atoms with Crippen molar-refractivity contribution in [2.75, 3.05) is 23.7 Å². The number of nitrogen functional groups attached to an aromatic ring is 1. The Labute approximate surface area is 107 Å². The molecule has 3 rings (SSSR count). The van der Waals surface area contributed by atoms with E-state index in [4.69, 9.17) is 10.2 Å². The lowest BCUT2D eigenvalue weighted by Crippen LogP contribution is -2.24. The largest absolute Gasteiger partial charge is 0.423 e. The quantitative estimate of drug-likeness (QED) is 0.785. The molecule has 0 spiro atoms. The molecule has 0 radical (unpaired) electrons. The highest BCUT2D eigenvalue weighted by Crippen LogP contribution is 2.26. The fourth-order valence-corrected chi connectivity index (χ4v) is 2.52. The van der Waals surface area contributed by atoms with Gasteiger partial charge in [0.25, 0.3) is 6.01 Å². The number of oxazole rings is 1. The summed E-state index contributed by atoms with van der Waals surface area (Å²) in [6, 6.07) is 6.36. The van der Waals surface area contributed by atoms with Gasteiger partial charge in [0, 0.05) is 24.8 Å². The van der Waals surface area contributed by atoms with Gasteiger partial charge in [0.15, 0.2) is 5.58 Å². The SMILES string of the molecule is CC1CCCN(c2nc3ccc(N)cc3o2)CC1. The number of aromatic nitrogens is 1. The van der Waals surface area contributed by atoms with Gasteiger partial charge in [-0.25, -0.2) is 0 Å². The van der Waals surface area contributed by atoms with Gasteiger partial charge in [0.1, 0.15) is 5.52 Å². The van der Waals surface area contributed by atoms with Crippen molar-refractivity contribution in [3.8, 4) is 0 Å². The number of nitrogens with two attached hydrogens (primary N) is 1. The summed E-state index contributed by atoms with van der Waals surface area (Å²) in [6.45, 7) is 4.38. The van der Waals surface area contributed by atoms with Crippen LogP contribution in [0.15, 0.2) is 22.6 Å². The molecule has 18 heavy (non-hydrogen) atoms. The van der Waals surface area contributed by atoms with Crippen molar-refractivity contribution in [1.82, 2.24) is 4.98 Å². The molecule has 1 aliphatic rings. The number of benzene rings is 1. The summed E-state index contributed by atoms with van der Waals surface area (Å²) in [6.07, 6.45) is 3.71. The monoisotopic (exact) mass is 245 g/mol. The van der Waals surface area contributed by atoms with Crippen LogP contribution in [0.1, 0.15) is 26.2 Å². The molecule has 4 nitrogen and oxygen atoms in total. The molecule has 1 unspecified atom stereocenters.